The van der Waals surface area contributed by atoms with Crippen LogP contribution < -0.4 is 10.6 Å². The molecule has 0 aromatic rings. The summed E-state index contributed by atoms with van der Waals surface area (Å²) in [6, 6.07) is 0. The fraction of sp³-hybridized carbons (Fsp3) is 0.923. The first-order valence-electron chi connectivity index (χ1n) is 7.12. The summed E-state index contributed by atoms with van der Waals surface area (Å²) in [5, 5.41) is 61.5. The van der Waals surface area contributed by atoms with E-state index in [1.807, 2.05) is 0 Å². The van der Waals surface area contributed by atoms with Gasteiger partial charge in [-0.15, -0.1) is 12.4 Å². The summed E-state index contributed by atoms with van der Waals surface area (Å²) < 4.78 is 0. The van der Waals surface area contributed by atoms with Crippen LogP contribution in [0.4, 0.5) is 0 Å². The van der Waals surface area contributed by atoms with E-state index in [1.54, 1.807) is 20.8 Å². The predicted octanol–water partition coefficient (Wildman–Crippen LogP) is -2.94. The third kappa shape index (κ3) is 9.38. The molecule has 0 fully saturated rings. The van der Waals surface area contributed by atoms with E-state index in [1.165, 1.54) is 0 Å². The molecule has 0 aliphatic rings. The van der Waals surface area contributed by atoms with E-state index in [2.05, 4.69) is 10.6 Å². The summed E-state index contributed by atoms with van der Waals surface area (Å²) in [4.78, 5) is 11.8. The van der Waals surface area contributed by atoms with Crippen molar-refractivity contribution in [1.82, 2.24) is 10.6 Å². The third-order valence-electron chi connectivity index (χ3n) is 3.03. The maximum absolute atomic E-state index is 11.8. The van der Waals surface area contributed by atoms with Crippen molar-refractivity contribution in [2.75, 3.05) is 13.2 Å². The predicted molar refractivity (Wildman–Crippen MR) is 84.9 cm³/mol. The first-order valence-corrected chi connectivity index (χ1v) is 7.12. The lowest BCUT2D eigenvalue weighted by Gasteiger charge is -2.28. The minimum Gasteiger partial charge on any atom is -0.394 e. The van der Waals surface area contributed by atoms with E-state index in [9.17, 15) is 30.3 Å². The Morgan fingerprint density at radius 1 is 1.13 bits per heavy atom. The highest BCUT2D eigenvalue weighted by Gasteiger charge is 2.34. The van der Waals surface area contributed by atoms with Gasteiger partial charge in [-0.05, 0) is 20.3 Å². The second-order valence-corrected chi connectivity index (χ2v) is 5.84. The van der Waals surface area contributed by atoms with Gasteiger partial charge in [0.1, 0.15) is 18.3 Å². The van der Waals surface area contributed by atoms with Gasteiger partial charge in [-0.3, -0.25) is 10.1 Å². The molecule has 140 valence electrons. The molecule has 0 aromatic carbocycles. The van der Waals surface area contributed by atoms with Crippen molar-refractivity contribution in [1.29, 1.82) is 0 Å². The van der Waals surface area contributed by atoms with Crippen LogP contribution in [0.5, 0.6) is 0 Å². The largest absolute Gasteiger partial charge is 0.394 e. The van der Waals surface area contributed by atoms with Gasteiger partial charge >= 0.3 is 0 Å². The van der Waals surface area contributed by atoms with E-state index in [-0.39, 0.29) is 19.0 Å². The van der Waals surface area contributed by atoms with Crippen LogP contribution in [0.1, 0.15) is 27.2 Å². The molecule has 23 heavy (non-hydrogen) atoms. The van der Waals surface area contributed by atoms with Crippen LogP contribution in [0.15, 0.2) is 0 Å². The molecule has 0 heterocycles. The molecule has 0 aliphatic heterocycles. The van der Waals surface area contributed by atoms with Crippen LogP contribution in [-0.4, -0.2) is 85.9 Å². The highest BCUT2D eigenvalue weighted by Crippen LogP contribution is 2.06. The number of nitrogens with one attached hydrogen (secondary N) is 2. The zero-order valence-corrected chi connectivity index (χ0v) is 14.3. The van der Waals surface area contributed by atoms with Crippen molar-refractivity contribution in [2.45, 2.75) is 63.4 Å². The van der Waals surface area contributed by atoms with Gasteiger partial charge in [0.2, 0.25) is 0 Å². The number of aliphatic hydroxyl groups is 6. The Hall–Kier alpha value is -0.520. The van der Waals surface area contributed by atoms with Crippen molar-refractivity contribution >= 4 is 18.3 Å². The number of amides is 1. The van der Waals surface area contributed by atoms with Crippen LogP contribution in [0.25, 0.3) is 0 Å². The minimum absolute atomic E-state index is 0. The summed E-state index contributed by atoms with van der Waals surface area (Å²) >= 11 is 0. The lowest BCUT2D eigenvalue weighted by atomic mass is 10.0. The van der Waals surface area contributed by atoms with Gasteiger partial charge in [-0.1, -0.05) is 6.92 Å². The molecule has 0 aromatic heterocycles. The first kappa shape index (κ1) is 24.7. The molecule has 5 atom stereocenters. The SMILES string of the molecule is CCC(NCC(C)(C)O)NC(=O)[C@H](O)[C@@H](O)[C@H](O)[C@H](O)CO.Cl. The summed E-state index contributed by atoms with van der Waals surface area (Å²) in [6.45, 7) is 4.29. The highest BCUT2D eigenvalue weighted by atomic mass is 35.5. The molecule has 1 amide bonds. The maximum Gasteiger partial charge on any atom is 0.252 e. The van der Waals surface area contributed by atoms with Gasteiger partial charge < -0.3 is 36.0 Å². The fourth-order valence-electron chi connectivity index (χ4n) is 1.60. The van der Waals surface area contributed by atoms with Crippen molar-refractivity contribution in [2.24, 2.45) is 0 Å². The molecule has 0 saturated carbocycles. The van der Waals surface area contributed by atoms with E-state index in [0.29, 0.717) is 6.42 Å². The summed E-state index contributed by atoms with van der Waals surface area (Å²) in [5.41, 5.74) is -0.988. The molecule has 0 rings (SSSR count). The van der Waals surface area contributed by atoms with Crippen LogP contribution in [0.2, 0.25) is 0 Å². The second-order valence-electron chi connectivity index (χ2n) is 5.84. The molecular weight excluding hydrogens is 332 g/mol. The monoisotopic (exact) mass is 360 g/mol. The normalized spacial score (nSPS) is 18.3. The molecule has 0 aliphatic carbocycles. The molecule has 0 bridgehead atoms. The van der Waals surface area contributed by atoms with Crippen molar-refractivity contribution in [3.63, 3.8) is 0 Å². The van der Waals surface area contributed by atoms with E-state index < -0.39 is 48.7 Å². The zero-order valence-electron chi connectivity index (χ0n) is 13.5. The van der Waals surface area contributed by atoms with Crippen LogP contribution >= 0.6 is 12.4 Å². The Morgan fingerprint density at radius 2 is 1.65 bits per heavy atom. The van der Waals surface area contributed by atoms with Gasteiger partial charge in [0.15, 0.2) is 6.10 Å². The van der Waals surface area contributed by atoms with Gasteiger partial charge in [0.05, 0.1) is 18.4 Å². The molecule has 0 spiro atoms. The Balaban J connectivity index is 0. The van der Waals surface area contributed by atoms with E-state index in [0.717, 1.165) is 0 Å². The maximum atomic E-state index is 11.8. The molecular formula is C13H29ClN2O7. The van der Waals surface area contributed by atoms with Crippen molar-refractivity contribution < 1.29 is 35.4 Å². The van der Waals surface area contributed by atoms with Gasteiger partial charge in [-0.2, -0.15) is 0 Å². The zero-order chi connectivity index (χ0) is 17.5. The molecule has 8 N–H and O–H groups in total. The van der Waals surface area contributed by atoms with E-state index >= 15 is 0 Å². The van der Waals surface area contributed by atoms with Crippen LogP contribution in [-0.2, 0) is 4.79 Å². The molecule has 0 radical (unpaired) electrons. The molecule has 9 nitrogen and oxygen atoms in total. The lowest BCUT2D eigenvalue weighted by Crippen LogP contribution is -2.56. The third-order valence-corrected chi connectivity index (χ3v) is 3.03. The van der Waals surface area contributed by atoms with E-state index in [4.69, 9.17) is 5.11 Å². The number of hydrogen-bond acceptors (Lipinski definition) is 8. The Bertz CT molecular complexity index is 341. The number of rotatable bonds is 10. The summed E-state index contributed by atoms with van der Waals surface area (Å²) in [7, 11) is 0. The standard InChI is InChI=1S/C13H28N2O7.ClH/c1-4-8(14-6-13(2,3)22)15-12(21)11(20)10(19)9(18)7(17)5-16;/h7-11,14,16-20,22H,4-6H2,1-3H3,(H,15,21);1H/t7-,8?,9-,10+,11-;/m1./s1. The van der Waals surface area contributed by atoms with Gasteiger partial charge in [0.25, 0.3) is 5.91 Å². The first-order chi connectivity index (χ1) is 10.0. The molecule has 1 unspecified atom stereocenters. The number of hydrogen-bond donors (Lipinski definition) is 8. The molecule has 10 heteroatoms. The quantitative estimate of drug-likeness (QED) is 0.192. The highest BCUT2D eigenvalue weighted by molar-refractivity contribution is 5.85. The van der Waals surface area contributed by atoms with Gasteiger partial charge in [0, 0.05) is 6.54 Å². The Labute approximate surface area is 141 Å². The topological polar surface area (TPSA) is 163 Å². The Morgan fingerprint density at radius 3 is 2.04 bits per heavy atom. The summed E-state index contributed by atoms with van der Waals surface area (Å²) in [5.74, 6) is -0.952. The number of carbonyl (C=O) groups is 1. The number of aliphatic hydroxyl groups excluding tert-OH is 5. The average molecular weight is 361 g/mol. The number of carbonyl (C=O) groups excluding carboxylic acids is 1. The Kier molecular flexibility index (Phi) is 11.9. The van der Waals surface area contributed by atoms with Crippen molar-refractivity contribution in [3.05, 3.63) is 0 Å². The fourth-order valence-corrected chi connectivity index (χ4v) is 1.60. The van der Waals surface area contributed by atoms with Crippen LogP contribution in [0, 0.1) is 0 Å². The van der Waals surface area contributed by atoms with Crippen molar-refractivity contribution in [3.8, 4) is 0 Å². The lowest BCUT2D eigenvalue weighted by molar-refractivity contribution is -0.149. The molecule has 0 saturated heterocycles. The minimum atomic E-state index is -1.98. The number of halogens is 1. The average Bonchev–Trinajstić information content (AvgIpc) is 2.46. The van der Waals surface area contributed by atoms with Gasteiger partial charge in [-0.25, -0.2) is 0 Å². The van der Waals surface area contributed by atoms with Crippen LogP contribution in [0.3, 0.4) is 0 Å². The second kappa shape index (κ2) is 11.1. The summed E-state index contributed by atoms with van der Waals surface area (Å²) in [6.07, 6.45) is -7.57. The smallest absolute Gasteiger partial charge is 0.252 e.